The number of aliphatic hydroxyl groups excluding tert-OH is 1. The lowest BCUT2D eigenvalue weighted by molar-refractivity contribution is 0.282. The molecular formula is C8H9IO. The summed E-state index contributed by atoms with van der Waals surface area (Å²) >= 11 is 2.26. The highest BCUT2D eigenvalue weighted by Gasteiger charge is 1.94. The van der Waals surface area contributed by atoms with Crippen LogP contribution in [0.2, 0.25) is 0 Å². The van der Waals surface area contributed by atoms with Gasteiger partial charge in [0.2, 0.25) is 0 Å². The summed E-state index contributed by atoms with van der Waals surface area (Å²) in [6.07, 6.45) is 0. The molecule has 0 aliphatic carbocycles. The molecule has 0 saturated heterocycles. The van der Waals surface area contributed by atoms with Crippen LogP contribution < -0.4 is 0 Å². The number of hydrogen-bond donors (Lipinski definition) is 1. The van der Waals surface area contributed by atoms with Crippen LogP contribution in [0.3, 0.4) is 0 Å². The first-order valence-electron chi connectivity index (χ1n) is 3.10. The highest BCUT2D eigenvalue weighted by molar-refractivity contribution is 14.1. The Bertz CT molecular complexity index is 233. The third kappa shape index (κ3) is 1.70. The first-order valence-corrected chi connectivity index (χ1v) is 4.18. The van der Waals surface area contributed by atoms with Crippen molar-refractivity contribution in [1.29, 1.82) is 0 Å². The van der Waals surface area contributed by atoms with Gasteiger partial charge in [0.1, 0.15) is 0 Å². The molecule has 0 unspecified atom stereocenters. The van der Waals surface area contributed by atoms with Crippen LogP contribution in [0.5, 0.6) is 0 Å². The molecule has 0 aliphatic heterocycles. The first kappa shape index (κ1) is 8.01. The standard InChI is InChI=1S/C8H9IO/c1-6-2-3-7(5-10)4-8(6)9/h2-4,10H,5H2,1H3. The van der Waals surface area contributed by atoms with Crippen molar-refractivity contribution in [1.82, 2.24) is 0 Å². The number of halogens is 1. The third-order valence-corrected chi connectivity index (χ3v) is 2.58. The number of rotatable bonds is 1. The Balaban J connectivity index is 3.04. The third-order valence-electron chi connectivity index (χ3n) is 1.42. The average Bonchev–Trinajstić information content (AvgIpc) is 1.95. The van der Waals surface area contributed by atoms with E-state index in [1.807, 2.05) is 18.2 Å². The molecule has 1 aromatic rings. The van der Waals surface area contributed by atoms with Gasteiger partial charge in [-0.05, 0) is 46.7 Å². The van der Waals surface area contributed by atoms with Crippen molar-refractivity contribution in [2.24, 2.45) is 0 Å². The van der Waals surface area contributed by atoms with Crippen LogP contribution >= 0.6 is 22.6 Å². The molecule has 2 heteroatoms. The number of benzene rings is 1. The summed E-state index contributed by atoms with van der Waals surface area (Å²) in [5, 5.41) is 8.75. The van der Waals surface area contributed by atoms with Gasteiger partial charge in [0.05, 0.1) is 6.61 Å². The van der Waals surface area contributed by atoms with Crippen LogP contribution in [-0.4, -0.2) is 5.11 Å². The van der Waals surface area contributed by atoms with E-state index in [-0.39, 0.29) is 6.61 Å². The van der Waals surface area contributed by atoms with E-state index >= 15 is 0 Å². The molecule has 0 heterocycles. The highest BCUT2D eigenvalue weighted by Crippen LogP contribution is 2.12. The van der Waals surface area contributed by atoms with Gasteiger partial charge in [0.15, 0.2) is 0 Å². The van der Waals surface area contributed by atoms with Gasteiger partial charge in [0.25, 0.3) is 0 Å². The predicted molar refractivity (Wildman–Crippen MR) is 49.8 cm³/mol. The fourth-order valence-corrected chi connectivity index (χ4v) is 1.31. The zero-order valence-electron chi connectivity index (χ0n) is 5.76. The fraction of sp³-hybridized carbons (Fsp3) is 0.250. The van der Waals surface area contributed by atoms with E-state index in [1.165, 1.54) is 9.13 Å². The van der Waals surface area contributed by atoms with Gasteiger partial charge in [-0.15, -0.1) is 0 Å². The second-order valence-corrected chi connectivity index (χ2v) is 3.40. The normalized spacial score (nSPS) is 9.90. The molecule has 0 aromatic heterocycles. The van der Waals surface area contributed by atoms with E-state index in [0.717, 1.165) is 5.56 Å². The minimum absolute atomic E-state index is 0.135. The zero-order chi connectivity index (χ0) is 7.56. The monoisotopic (exact) mass is 248 g/mol. The Labute approximate surface area is 74.2 Å². The lowest BCUT2D eigenvalue weighted by Gasteiger charge is -1.99. The van der Waals surface area contributed by atoms with Gasteiger partial charge in [-0.2, -0.15) is 0 Å². The Morgan fingerprint density at radius 1 is 1.50 bits per heavy atom. The minimum Gasteiger partial charge on any atom is -0.392 e. The highest BCUT2D eigenvalue weighted by atomic mass is 127. The predicted octanol–water partition coefficient (Wildman–Crippen LogP) is 2.09. The molecular weight excluding hydrogens is 239 g/mol. The molecule has 1 aromatic carbocycles. The van der Waals surface area contributed by atoms with Gasteiger partial charge < -0.3 is 5.11 Å². The van der Waals surface area contributed by atoms with Crippen molar-refractivity contribution in [3.8, 4) is 0 Å². The molecule has 0 atom stereocenters. The van der Waals surface area contributed by atoms with Crippen LogP contribution in [0.1, 0.15) is 11.1 Å². The van der Waals surface area contributed by atoms with E-state index in [9.17, 15) is 0 Å². The summed E-state index contributed by atoms with van der Waals surface area (Å²) in [5.41, 5.74) is 2.24. The van der Waals surface area contributed by atoms with Gasteiger partial charge in [-0.25, -0.2) is 0 Å². The zero-order valence-corrected chi connectivity index (χ0v) is 7.92. The summed E-state index contributed by atoms with van der Waals surface area (Å²) < 4.78 is 1.21. The van der Waals surface area contributed by atoms with Gasteiger partial charge in [0, 0.05) is 3.57 Å². The number of hydrogen-bond acceptors (Lipinski definition) is 1. The van der Waals surface area contributed by atoms with Crippen LogP contribution in [-0.2, 0) is 6.61 Å². The van der Waals surface area contributed by atoms with E-state index in [2.05, 4.69) is 29.5 Å². The summed E-state index contributed by atoms with van der Waals surface area (Å²) in [6.45, 7) is 2.19. The van der Waals surface area contributed by atoms with Crippen LogP contribution in [0.25, 0.3) is 0 Å². The van der Waals surface area contributed by atoms with E-state index in [1.54, 1.807) is 0 Å². The van der Waals surface area contributed by atoms with E-state index in [4.69, 9.17) is 5.11 Å². The van der Waals surface area contributed by atoms with Crippen molar-refractivity contribution >= 4 is 22.6 Å². The Morgan fingerprint density at radius 2 is 2.20 bits per heavy atom. The molecule has 1 rings (SSSR count). The molecule has 0 spiro atoms. The molecule has 0 radical (unpaired) electrons. The fourth-order valence-electron chi connectivity index (χ4n) is 0.735. The Hall–Kier alpha value is -0.0900. The number of aliphatic hydroxyl groups is 1. The maximum Gasteiger partial charge on any atom is 0.0682 e. The minimum atomic E-state index is 0.135. The van der Waals surface area contributed by atoms with Crippen molar-refractivity contribution in [3.05, 3.63) is 32.9 Å². The van der Waals surface area contributed by atoms with Crippen molar-refractivity contribution in [2.45, 2.75) is 13.5 Å². The molecule has 54 valence electrons. The maximum absolute atomic E-state index is 8.75. The molecule has 0 amide bonds. The second kappa shape index (κ2) is 3.34. The molecule has 0 saturated carbocycles. The second-order valence-electron chi connectivity index (χ2n) is 2.24. The maximum atomic E-state index is 8.75. The molecule has 0 aliphatic rings. The van der Waals surface area contributed by atoms with Gasteiger partial charge in [-0.1, -0.05) is 12.1 Å². The molecule has 0 bridgehead atoms. The van der Waals surface area contributed by atoms with Crippen LogP contribution in [0.4, 0.5) is 0 Å². The van der Waals surface area contributed by atoms with Crippen LogP contribution in [0.15, 0.2) is 18.2 Å². The van der Waals surface area contributed by atoms with Gasteiger partial charge >= 0.3 is 0 Å². The topological polar surface area (TPSA) is 20.2 Å². The summed E-state index contributed by atoms with van der Waals surface area (Å²) in [7, 11) is 0. The van der Waals surface area contributed by atoms with Crippen LogP contribution in [0, 0.1) is 10.5 Å². The Kier molecular flexibility index (Phi) is 2.68. The largest absolute Gasteiger partial charge is 0.392 e. The first-order chi connectivity index (χ1) is 4.74. The average molecular weight is 248 g/mol. The smallest absolute Gasteiger partial charge is 0.0682 e. The SMILES string of the molecule is Cc1ccc(CO)cc1I. The molecule has 1 N–H and O–H groups in total. The summed E-state index contributed by atoms with van der Waals surface area (Å²) in [6, 6.07) is 5.96. The molecule has 10 heavy (non-hydrogen) atoms. The molecule has 0 fully saturated rings. The quantitative estimate of drug-likeness (QED) is 0.754. The summed E-state index contributed by atoms with van der Waals surface area (Å²) in [4.78, 5) is 0. The van der Waals surface area contributed by atoms with Crippen molar-refractivity contribution in [2.75, 3.05) is 0 Å². The van der Waals surface area contributed by atoms with E-state index < -0.39 is 0 Å². The van der Waals surface area contributed by atoms with E-state index in [0.29, 0.717) is 0 Å². The van der Waals surface area contributed by atoms with Crippen molar-refractivity contribution in [3.63, 3.8) is 0 Å². The summed E-state index contributed by atoms with van der Waals surface area (Å²) in [5.74, 6) is 0. The van der Waals surface area contributed by atoms with Crippen molar-refractivity contribution < 1.29 is 5.11 Å². The molecule has 1 nitrogen and oxygen atoms in total. The lowest BCUT2D eigenvalue weighted by atomic mass is 10.2. The Morgan fingerprint density at radius 3 is 2.70 bits per heavy atom. The lowest BCUT2D eigenvalue weighted by Crippen LogP contribution is -1.85. The number of aryl methyl sites for hydroxylation is 1. The van der Waals surface area contributed by atoms with Gasteiger partial charge in [-0.3, -0.25) is 0 Å².